The van der Waals surface area contributed by atoms with E-state index in [4.69, 9.17) is 14.3 Å². The number of rotatable bonds is 2. The van der Waals surface area contributed by atoms with Crippen molar-refractivity contribution in [2.45, 2.75) is 6.10 Å². The molecule has 1 amide bonds. The van der Waals surface area contributed by atoms with Gasteiger partial charge in [-0.25, -0.2) is 4.79 Å². The van der Waals surface area contributed by atoms with Crippen LogP contribution in [0.3, 0.4) is 0 Å². The lowest BCUT2D eigenvalue weighted by Crippen LogP contribution is -2.48. The topological polar surface area (TPSA) is 80.0 Å². The molecule has 17 heavy (non-hydrogen) atoms. The van der Waals surface area contributed by atoms with Gasteiger partial charge >= 0.3 is 5.97 Å². The Morgan fingerprint density at radius 2 is 2.29 bits per heavy atom. The Bertz CT molecular complexity index is 444. The third-order valence-corrected chi connectivity index (χ3v) is 2.86. The number of hydrogen-bond donors (Lipinski definition) is 1. The second-order valence-electron chi connectivity index (χ2n) is 3.59. The number of nitrogens with zero attached hydrogens (tertiary/aromatic N) is 1. The summed E-state index contributed by atoms with van der Waals surface area (Å²) in [7, 11) is 0. The minimum atomic E-state index is -1.06. The van der Waals surface area contributed by atoms with Crippen LogP contribution in [0.4, 0.5) is 0 Å². The number of hydrogen-bond acceptors (Lipinski definition) is 4. The molecular weight excluding hydrogens is 294 g/mol. The average molecular weight is 304 g/mol. The molecule has 1 atom stereocenters. The summed E-state index contributed by atoms with van der Waals surface area (Å²) in [5.74, 6) is -1.31. The Balaban J connectivity index is 2.07. The molecule has 2 rings (SSSR count). The molecule has 0 radical (unpaired) electrons. The maximum absolute atomic E-state index is 12.0. The fourth-order valence-electron chi connectivity index (χ4n) is 1.59. The Morgan fingerprint density at radius 3 is 2.88 bits per heavy atom. The van der Waals surface area contributed by atoms with Gasteiger partial charge in [-0.05, 0) is 15.9 Å². The highest BCUT2D eigenvalue weighted by Gasteiger charge is 2.29. The molecule has 1 fully saturated rings. The van der Waals surface area contributed by atoms with Crippen molar-refractivity contribution in [1.29, 1.82) is 0 Å². The van der Waals surface area contributed by atoms with E-state index in [0.717, 1.165) is 0 Å². The van der Waals surface area contributed by atoms with E-state index in [1.807, 2.05) is 0 Å². The van der Waals surface area contributed by atoms with Crippen LogP contribution in [0.25, 0.3) is 0 Å². The monoisotopic (exact) mass is 303 g/mol. The van der Waals surface area contributed by atoms with Gasteiger partial charge in [0.2, 0.25) is 0 Å². The fraction of sp³-hybridized carbons (Fsp3) is 0.400. The molecule has 0 aliphatic carbocycles. The number of carboxylic acid groups (broad SMARTS) is 1. The van der Waals surface area contributed by atoms with E-state index >= 15 is 0 Å². The molecule has 6 nitrogen and oxygen atoms in total. The van der Waals surface area contributed by atoms with Gasteiger partial charge in [0.1, 0.15) is 6.26 Å². The molecule has 0 aromatic carbocycles. The molecule has 1 N–H and O–H groups in total. The van der Waals surface area contributed by atoms with Gasteiger partial charge in [0.05, 0.1) is 18.7 Å². The number of carboxylic acids is 1. The third kappa shape index (κ3) is 2.67. The number of ether oxygens (including phenoxy) is 1. The van der Waals surface area contributed by atoms with Crippen molar-refractivity contribution in [3.8, 4) is 0 Å². The largest absolute Gasteiger partial charge is 0.479 e. The Morgan fingerprint density at radius 1 is 1.53 bits per heavy atom. The number of amides is 1. The predicted molar refractivity (Wildman–Crippen MR) is 59.7 cm³/mol. The first kappa shape index (κ1) is 12.1. The first-order valence-corrected chi connectivity index (χ1v) is 5.75. The van der Waals surface area contributed by atoms with Gasteiger partial charge in [0, 0.05) is 12.6 Å². The molecule has 0 unspecified atom stereocenters. The van der Waals surface area contributed by atoms with Crippen LogP contribution in [0.5, 0.6) is 0 Å². The summed E-state index contributed by atoms with van der Waals surface area (Å²) in [4.78, 5) is 24.2. The molecular formula is C10H10BrNO5. The van der Waals surface area contributed by atoms with E-state index in [0.29, 0.717) is 16.8 Å². The van der Waals surface area contributed by atoms with Gasteiger partial charge in [-0.15, -0.1) is 0 Å². The van der Waals surface area contributed by atoms with Crippen molar-refractivity contribution in [3.05, 3.63) is 22.6 Å². The van der Waals surface area contributed by atoms with Crippen LogP contribution in [0.1, 0.15) is 10.4 Å². The van der Waals surface area contributed by atoms with E-state index in [-0.39, 0.29) is 19.1 Å². The van der Waals surface area contributed by atoms with Crippen LogP contribution in [0.2, 0.25) is 0 Å². The van der Waals surface area contributed by atoms with Crippen molar-refractivity contribution >= 4 is 27.8 Å². The lowest BCUT2D eigenvalue weighted by atomic mass is 10.2. The molecule has 0 bridgehead atoms. The maximum Gasteiger partial charge on any atom is 0.334 e. The SMILES string of the molecule is O=C(O)[C@H]1CN(C(=O)c2coc(Br)c2)CCO1. The minimum Gasteiger partial charge on any atom is -0.479 e. The van der Waals surface area contributed by atoms with Gasteiger partial charge in [-0.1, -0.05) is 0 Å². The van der Waals surface area contributed by atoms with Crippen LogP contribution in [-0.4, -0.2) is 47.7 Å². The Hall–Kier alpha value is -1.34. The standard InChI is InChI=1S/C10H10BrNO5/c11-8-3-6(5-17-8)9(13)12-1-2-16-7(4-12)10(14)15/h3,5,7H,1-2,4H2,(H,14,15)/t7-/m1/s1. The van der Waals surface area contributed by atoms with Gasteiger partial charge in [0.25, 0.3) is 5.91 Å². The van der Waals surface area contributed by atoms with Crippen LogP contribution < -0.4 is 0 Å². The molecule has 1 aliphatic heterocycles. The van der Waals surface area contributed by atoms with Gasteiger partial charge in [-0.3, -0.25) is 4.79 Å². The zero-order chi connectivity index (χ0) is 12.4. The van der Waals surface area contributed by atoms with Crippen LogP contribution in [0, 0.1) is 0 Å². The van der Waals surface area contributed by atoms with Crippen LogP contribution in [-0.2, 0) is 9.53 Å². The minimum absolute atomic E-state index is 0.0525. The summed E-state index contributed by atoms with van der Waals surface area (Å²) in [6.45, 7) is 0.657. The number of furan rings is 1. The summed E-state index contributed by atoms with van der Waals surface area (Å²) >= 11 is 3.10. The molecule has 7 heteroatoms. The third-order valence-electron chi connectivity index (χ3n) is 2.44. The lowest BCUT2D eigenvalue weighted by molar-refractivity contribution is -0.154. The van der Waals surface area contributed by atoms with E-state index in [2.05, 4.69) is 15.9 Å². The molecule has 2 heterocycles. The summed E-state index contributed by atoms with van der Waals surface area (Å²) in [6.07, 6.45) is 0.375. The zero-order valence-corrected chi connectivity index (χ0v) is 10.3. The first-order chi connectivity index (χ1) is 8.08. The van der Waals surface area contributed by atoms with Gasteiger partial charge in [0.15, 0.2) is 10.8 Å². The maximum atomic E-state index is 12.0. The van der Waals surface area contributed by atoms with Crippen LogP contribution in [0.15, 0.2) is 21.4 Å². The number of carbonyl (C=O) groups is 2. The molecule has 1 aromatic rings. The second kappa shape index (κ2) is 4.89. The zero-order valence-electron chi connectivity index (χ0n) is 8.76. The van der Waals surface area contributed by atoms with E-state index < -0.39 is 12.1 Å². The van der Waals surface area contributed by atoms with E-state index in [9.17, 15) is 9.59 Å². The molecule has 0 spiro atoms. The highest BCUT2D eigenvalue weighted by molar-refractivity contribution is 9.10. The highest BCUT2D eigenvalue weighted by Crippen LogP contribution is 2.17. The normalized spacial score (nSPS) is 20.3. The predicted octanol–water partition coefficient (Wildman–Crippen LogP) is 0.968. The van der Waals surface area contributed by atoms with Crippen molar-refractivity contribution in [1.82, 2.24) is 4.90 Å². The number of carbonyl (C=O) groups excluding carboxylic acids is 1. The molecule has 92 valence electrons. The summed E-state index contributed by atoms with van der Waals surface area (Å²) in [5, 5.41) is 8.82. The second-order valence-corrected chi connectivity index (χ2v) is 4.37. The Kier molecular flexibility index (Phi) is 3.49. The fourth-order valence-corrected chi connectivity index (χ4v) is 1.93. The first-order valence-electron chi connectivity index (χ1n) is 4.95. The van der Waals surface area contributed by atoms with Crippen molar-refractivity contribution < 1.29 is 23.8 Å². The molecule has 1 aromatic heterocycles. The lowest BCUT2D eigenvalue weighted by Gasteiger charge is -2.30. The summed E-state index contributed by atoms with van der Waals surface area (Å²) in [6, 6.07) is 1.55. The number of halogens is 1. The van der Waals surface area contributed by atoms with Gasteiger partial charge in [-0.2, -0.15) is 0 Å². The van der Waals surface area contributed by atoms with E-state index in [1.54, 1.807) is 6.07 Å². The molecule has 0 saturated carbocycles. The quantitative estimate of drug-likeness (QED) is 0.880. The Labute approximate surface area is 105 Å². The summed E-state index contributed by atoms with van der Waals surface area (Å²) in [5.41, 5.74) is 0.392. The molecule has 1 saturated heterocycles. The highest BCUT2D eigenvalue weighted by atomic mass is 79.9. The van der Waals surface area contributed by atoms with Gasteiger partial charge < -0.3 is 19.2 Å². The van der Waals surface area contributed by atoms with Crippen molar-refractivity contribution in [2.24, 2.45) is 0 Å². The van der Waals surface area contributed by atoms with Crippen molar-refractivity contribution in [2.75, 3.05) is 19.7 Å². The summed E-state index contributed by atoms with van der Waals surface area (Å²) < 4.78 is 10.5. The number of morpholine rings is 1. The smallest absolute Gasteiger partial charge is 0.334 e. The molecule has 1 aliphatic rings. The number of aliphatic carboxylic acids is 1. The average Bonchev–Trinajstić information content (AvgIpc) is 2.75. The van der Waals surface area contributed by atoms with Crippen LogP contribution >= 0.6 is 15.9 Å². The van der Waals surface area contributed by atoms with Crippen molar-refractivity contribution in [3.63, 3.8) is 0 Å². The van der Waals surface area contributed by atoms with E-state index in [1.165, 1.54) is 11.2 Å².